The second-order valence-electron chi connectivity index (χ2n) is 9.76. The third kappa shape index (κ3) is 3.78. The molecule has 0 radical (unpaired) electrons. The second-order valence-corrected chi connectivity index (χ2v) is 9.76. The van der Waals surface area contributed by atoms with Gasteiger partial charge in [0.2, 0.25) is 0 Å². The number of aromatic nitrogens is 5. The maximum Gasteiger partial charge on any atom is 0.164 e. The molecule has 7 nitrogen and oxygen atoms in total. The quantitative estimate of drug-likeness (QED) is 0.264. The third-order valence-electron chi connectivity index (χ3n) is 7.04. The summed E-state index contributed by atoms with van der Waals surface area (Å²) in [6.07, 6.45) is 1.68. The zero-order valence-electron chi connectivity index (χ0n) is 21.9. The first-order valence-electron chi connectivity index (χ1n) is 12.8. The van der Waals surface area contributed by atoms with Crippen molar-refractivity contribution in [2.24, 2.45) is 0 Å². The molecule has 7 rings (SSSR count). The van der Waals surface area contributed by atoms with Crippen LogP contribution in [0.3, 0.4) is 0 Å². The lowest BCUT2D eigenvalue weighted by molar-refractivity contribution is 0.580. The number of H-pyrrole nitrogens is 1. The molecule has 4 aromatic heterocycles. The van der Waals surface area contributed by atoms with Crippen LogP contribution in [0.5, 0.6) is 0 Å². The van der Waals surface area contributed by atoms with Gasteiger partial charge in [-0.2, -0.15) is 5.10 Å². The molecule has 0 aliphatic carbocycles. The van der Waals surface area contributed by atoms with Crippen LogP contribution in [0.15, 0.2) is 102 Å². The first-order chi connectivity index (χ1) is 19.1. The number of furan rings is 1. The monoisotopic (exact) mass is 510 g/mol. The SMILES string of the molecule is Cc1nn(-c2ccccc2)c2nc(-c3ccco3)c(-c3nc4ccccc4[nH]3)c(-c3ccc(N(C)C)cc3)c12. The van der Waals surface area contributed by atoms with E-state index in [-0.39, 0.29) is 0 Å². The minimum absolute atomic E-state index is 0.664. The Kier molecular flexibility index (Phi) is 5.30. The number of para-hydroxylation sites is 3. The highest BCUT2D eigenvalue weighted by Gasteiger charge is 2.27. The number of nitrogens with zero attached hydrogens (tertiary/aromatic N) is 5. The van der Waals surface area contributed by atoms with E-state index < -0.39 is 0 Å². The minimum atomic E-state index is 0.664. The molecule has 0 saturated heterocycles. The number of imidazole rings is 1. The maximum atomic E-state index is 5.96. The number of anilines is 1. The molecule has 0 atom stereocenters. The van der Waals surface area contributed by atoms with Crippen LogP contribution in [0.1, 0.15) is 5.69 Å². The Morgan fingerprint density at radius 3 is 2.28 bits per heavy atom. The van der Waals surface area contributed by atoms with Crippen LogP contribution in [0.25, 0.3) is 61.7 Å². The lowest BCUT2D eigenvalue weighted by atomic mass is 9.93. The predicted molar refractivity (Wildman–Crippen MR) is 156 cm³/mol. The van der Waals surface area contributed by atoms with E-state index in [0.717, 1.165) is 61.7 Å². The number of aromatic amines is 1. The van der Waals surface area contributed by atoms with E-state index in [0.29, 0.717) is 11.5 Å². The predicted octanol–water partition coefficient (Wildman–Crippen LogP) is 7.27. The number of hydrogen-bond acceptors (Lipinski definition) is 5. The zero-order valence-corrected chi connectivity index (χ0v) is 21.9. The second kappa shape index (κ2) is 8.99. The van der Waals surface area contributed by atoms with Crippen LogP contribution in [0.4, 0.5) is 5.69 Å². The Balaban J connectivity index is 1.64. The molecule has 0 saturated carbocycles. The fourth-order valence-electron chi connectivity index (χ4n) is 5.17. The van der Waals surface area contributed by atoms with Crippen molar-refractivity contribution in [2.45, 2.75) is 6.92 Å². The molecule has 7 aromatic rings. The fourth-order valence-corrected chi connectivity index (χ4v) is 5.17. The molecule has 0 bridgehead atoms. The van der Waals surface area contributed by atoms with Crippen LogP contribution in [-0.2, 0) is 0 Å². The zero-order chi connectivity index (χ0) is 26.5. The van der Waals surface area contributed by atoms with Crippen molar-refractivity contribution >= 4 is 27.8 Å². The number of fused-ring (bicyclic) bond motifs is 2. The van der Waals surface area contributed by atoms with E-state index in [1.807, 2.05) is 92.4 Å². The van der Waals surface area contributed by atoms with Crippen molar-refractivity contribution in [1.29, 1.82) is 0 Å². The Bertz CT molecular complexity index is 1900. The van der Waals surface area contributed by atoms with E-state index in [9.17, 15) is 0 Å². The highest BCUT2D eigenvalue weighted by atomic mass is 16.3. The summed E-state index contributed by atoms with van der Waals surface area (Å²) in [5.41, 5.74) is 9.20. The van der Waals surface area contributed by atoms with Crippen molar-refractivity contribution in [2.75, 3.05) is 19.0 Å². The molecule has 3 aromatic carbocycles. The Morgan fingerprint density at radius 2 is 1.56 bits per heavy atom. The van der Waals surface area contributed by atoms with Gasteiger partial charge in [-0.15, -0.1) is 0 Å². The van der Waals surface area contributed by atoms with Crippen molar-refractivity contribution in [3.63, 3.8) is 0 Å². The van der Waals surface area contributed by atoms with Gasteiger partial charge in [-0.25, -0.2) is 14.6 Å². The van der Waals surface area contributed by atoms with Gasteiger partial charge >= 0.3 is 0 Å². The number of hydrogen-bond donors (Lipinski definition) is 1. The van der Waals surface area contributed by atoms with Gasteiger partial charge in [-0.1, -0.05) is 42.5 Å². The molecule has 0 fully saturated rings. The largest absolute Gasteiger partial charge is 0.463 e. The first kappa shape index (κ1) is 23.0. The van der Waals surface area contributed by atoms with Crippen molar-refractivity contribution < 1.29 is 4.42 Å². The fraction of sp³-hybridized carbons (Fsp3) is 0.0938. The summed E-state index contributed by atoms with van der Waals surface area (Å²) in [7, 11) is 4.09. The van der Waals surface area contributed by atoms with E-state index in [4.69, 9.17) is 19.5 Å². The lowest BCUT2D eigenvalue weighted by Crippen LogP contribution is -2.08. The maximum absolute atomic E-state index is 5.96. The van der Waals surface area contributed by atoms with Gasteiger partial charge in [0.05, 0.1) is 39.6 Å². The summed E-state index contributed by atoms with van der Waals surface area (Å²) in [6, 6.07) is 30.6. The minimum Gasteiger partial charge on any atom is -0.463 e. The molecule has 0 amide bonds. The average molecular weight is 511 g/mol. The van der Waals surface area contributed by atoms with E-state index in [1.165, 1.54) is 0 Å². The third-order valence-corrected chi connectivity index (χ3v) is 7.04. The van der Waals surface area contributed by atoms with Crippen LogP contribution >= 0.6 is 0 Å². The Labute approximate surface area is 225 Å². The van der Waals surface area contributed by atoms with Gasteiger partial charge in [-0.3, -0.25) is 0 Å². The lowest BCUT2D eigenvalue weighted by Gasteiger charge is -2.16. The van der Waals surface area contributed by atoms with Gasteiger partial charge in [0.25, 0.3) is 0 Å². The molecule has 0 aliphatic rings. The summed E-state index contributed by atoms with van der Waals surface area (Å²) < 4.78 is 7.87. The molecule has 39 heavy (non-hydrogen) atoms. The molecule has 7 heteroatoms. The molecule has 190 valence electrons. The van der Waals surface area contributed by atoms with E-state index in [2.05, 4.69) is 34.1 Å². The first-order valence-corrected chi connectivity index (χ1v) is 12.8. The van der Waals surface area contributed by atoms with Crippen LogP contribution in [0.2, 0.25) is 0 Å². The Morgan fingerprint density at radius 1 is 0.795 bits per heavy atom. The normalized spacial score (nSPS) is 11.5. The van der Waals surface area contributed by atoms with Crippen LogP contribution in [0, 0.1) is 6.92 Å². The summed E-state index contributed by atoms with van der Waals surface area (Å²) in [4.78, 5) is 15.9. The standard InChI is InChI=1S/C32H26N6O/c1-20-27-28(21-15-17-22(18-16-21)37(2)3)29(31-33-24-12-7-8-13-25(24)34-31)30(26-14-9-19-39-26)35-32(27)38(36-20)23-10-5-4-6-11-23/h4-19H,1-3H3,(H,33,34). The van der Waals surface area contributed by atoms with Crippen molar-refractivity contribution in [3.05, 3.63) is 103 Å². The summed E-state index contributed by atoms with van der Waals surface area (Å²) in [5, 5.41) is 5.95. The smallest absolute Gasteiger partial charge is 0.164 e. The van der Waals surface area contributed by atoms with Crippen molar-refractivity contribution in [1.82, 2.24) is 24.7 Å². The van der Waals surface area contributed by atoms with Gasteiger partial charge in [-0.05, 0) is 61.0 Å². The van der Waals surface area contributed by atoms with Gasteiger partial charge in [0, 0.05) is 25.3 Å². The van der Waals surface area contributed by atoms with Crippen LogP contribution < -0.4 is 4.90 Å². The topological polar surface area (TPSA) is 75.8 Å². The highest BCUT2D eigenvalue weighted by molar-refractivity contribution is 6.07. The molecule has 0 unspecified atom stereocenters. The van der Waals surface area contributed by atoms with Crippen LogP contribution in [-0.4, -0.2) is 38.8 Å². The number of pyridine rings is 1. The molecule has 1 N–H and O–H groups in total. The Hall–Kier alpha value is -5.17. The number of rotatable bonds is 5. The number of nitrogens with one attached hydrogen (secondary N) is 1. The van der Waals surface area contributed by atoms with Gasteiger partial charge < -0.3 is 14.3 Å². The summed E-state index contributed by atoms with van der Waals surface area (Å²) in [6.45, 7) is 2.04. The highest BCUT2D eigenvalue weighted by Crippen LogP contribution is 2.44. The summed E-state index contributed by atoms with van der Waals surface area (Å²) >= 11 is 0. The average Bonchev–Trinajstić information content (AvgIpc) is 3.72. The van der Waals surface area contributed by atoms with Crippen molar-refractivity contribution in [3.8, 4) is 39.7 Å². The van der Waals surface area contributed by atoms with E-state index >= 15 is 0 Å². The molecule has 4 heterocycles. The molecular weight excluding hydrogens is 484 g/mol. The number of benzene rings is 3. The van der Waals surface area contributed by atoms with Gasteiger partial charge in [0.1, 0.15) is 11.5 Å². The van der Waals surface area contributed by atoms with E-state index in [1.54, 1.807) is 6.26 Å². The molecule has 0 spiro atoms. The molecule has 0 aliphatic heterocycles. The number of aryl methyl sites for hydroxylation is 1. The van der Waals surface area contributed by atoms with Gasteiger partial charge in [0.15, 0.2) is 11.4 Å². The molecular formula is C32H26N6O. The summed E-state index contributed by atoms with van der Waals surface area (Å²) in [5.74, 6) is 1.40.